The van der Waals surface area contributed by atoms with E-state index in [1.54, 1.807) is 0 Å². The average Bonchev–Trinajstić information content (AvgIpc) is 3.13. The molecule has 1 aromatic heterocycles. The molecule has 2 rings (SSSR count). The molecule has 0 aliphatic heterocycles. The Balaban J connectivity index is 1.82. The number of rotatable bonds is 10. The first-order valence-electron chi connectivity index (χ1n) is 8.21. The lowest BCUT2D eigenvalue weighted by Crippen LogP contribution is -2.33. The Morgan fingerprint density at radius 3 is 2.52 bits per heavy atom. The van der Waals surface area contributed by atoms with E-state index in [2.05, 4.69) is 55.2 Å². The summed E-state index contributed by atoms with van der Waals surface area (Å²) < 4.78 is 0. The Bertz CT molecular complexity index is 410. The van der Waals surface area contributed by atoms with Crippen LogP contribution in [0.2, 0.25) is 0 Å². The third-order valence-electron chi connectivity index (χ3n) is 3.73. The first-order valence-corrected chi connectivity index (χ1v) is 9.02. The number of hydrogen-bond acceptors (Lipinski definition) is 4. The van der Waals surface area contributed by atoms with Gasteiger partial charge in [0.1, 0.15) is 0 Å². The van der Waals surface area contributed by atoms with Crippen molar-refractivity contribution in [2.24, 2.45) is 5.92 Å². The smallest absolute Gasteiger partial charge is 0.0328 e. The van der Waals surface area contributed by atoms with Crippen molar-refractivity contribution in [2.45, 2.75) is 45.8 Å². The molecule has 1 heterocycles. The van der Waals surface area contributed by atoms with Gasteiger partial charge in [0.05, 0.1) is 0 Å². The summed E-state index contributed by atoms with van der Waals surface area (Å²) in [6.07, 6.45) is 2.73. The molecule has 3 nitrogen and oxygen atoms in total. The largest absolute Gasteiger partial charge is 0.309 e. The van der Waals surface area contributed by atoms with Crippen molar-refractivity contribution in [3.63, 3.8) is 0 Å². The van der Waals surface area contributed by atoms with Crippen LogP contribution in [0.15, 0.2) is 12.1 Å². The van der Waals surface area contributed by atoms with E-state index >= 15 is 0 Å². The Hall–Kier alpha value is -0.420. The molecule has 1 saturated carbocycles. The summed E-state index contributed by atoms with van der Waals surface area (Å²) in [6, 6.07) is 5.42. The third kappa shape index (κ3) is 6.92. The fourth-order valence-corrected chi connectivity index (χ4v) is 3.46. The average molecular weight is 310 g/mol. The highest BCUT2D eigenvalue weighted by Crippen LogP contribution is 2.22. The highest BCUT2D eigenvalue weighted by Gasteiger charge is 2.20. The highest BCUT2D eigenvalue weighted by molar-refractivity contribution is 7.11. The van der Waals surface area contributed by atoms with Crippen LogP contribution in [0.4, 0.5) is 0 Å². The van der Waals surface area contributed by atoms with Crippen molar-refractivity contribution < 1.29 is 0 Å². The van der Waals surface area contributed by atoms with Crippen molar-refractivity contribution in [3.05, 3.63) is 21.9 Å². The SMILES string of the molecule is CC(C)CN(CCN(C)C)Cc1ccc(CNC2CC2)s1. The molecule has 0 spiro atoms. The zero-order chi connectivity index (χ0) is 15.2. The number of nitrogens with zero attached hydrogens (tertiary/aromatic N) is 2. The minimum atomic E-state index is 0.725. The maximum absolute atomic E-state index is 3.60. The maximum atomic E-state index is 3.60. The summed E-state index contributed by atoms with van der Waals surface area (Å²) in [5.74, 6) is 0.725. The zero-order valence-corrected chi connectivity index (χ0v) is 14.9. The standard InChI is InChI=1S/C17H31N3S/c1-14(2)12-20(10-9-19(3)4)13-17-8-7-16(21-17)11-18-15-5-6-15/h7-8,14-15,18H,5-6,9-13H2,1-4H3. The molecule has 0 radical (unpaired) electrons. The van der Waals surface area contributed by atoms with Crippen LogP contribution in [-0.4, -0.2) is 49.6 Å². The van der Waals surface area contributed by atoms with Crippen LogP contribution in [-0.2, 0) is 13.1 Å². The van der Waals surface area contributed by atoms with Gasteiger partial charge in [0.15, 0.2) is 0 Å². The normalized spacial score (nSPS) is 15.6. The van der Waals surface area contributed by atoms with Gasteiger partial charge in [0.2, 0.25) is 0 Å². The first-order chi connectivity index (χ1) is 10.0. The van der Waals surface area contributed by atoms with Crippen LogP contribution in [0.3, 0.4) is 0 Å². The molecular formula is C17H31N3S. The second-order valence-electron chi connectivity index (χ2n) is 6.96. The monoisotopic (exact) mass is 309 g/mol. The second-order valence-corrected chi connectivity index (χ2v) is 8.21. The highest BCUT2D eigenvalue weighted by atomic mass is 32.1. The van der Waals surface area contributed by atoms with Gasteiger partial charge in [-0.15, -0.1) is 11.3 Å². The lowest BCUT2D eigenvalue weighted by atomic mass is 10.2. The lowest BCUT2D eigenvalue weighted by Gasteiger charge is -2.25. The molecule has 120 valence electrons. The molecule has 0 unspecified atom stereocenters. The quantitative estimate of drug-likeness (QED) is 0.717. The minimum absolute atomic E-state index is 0.725. The second kappa shape index (κ2) is 8.28. The minimum Gasteiger partial charge on any atom is -0.309 e. The summed E-state index contributed by atoms with van der Waals surface area (Å²) in [4.78, 5) is 7.84. The summed E-state index contributed by atoms with van der Waals surface area (Å²) in [7, 11) is 4.31. The van der Waals surface area contributed by atoms with E-state index in [1.165, 1.54) is 29.1 Å². The molecule has 0 atom stereocenters. The molecular weight excluding hydrogens is 278 g/mol. The molecule has 0 saturated heterocycles. The topological polar surface area (TPSA) is 18.5 Å². The van der Waals surface area contributed by atoms with E-state index in [-0.39, 0.29) is 0 Å². The Labute approximate surface area is 134 Å². The van der Waals surface area contributed by atoms with Gasteiger partial charge in [-0.2, -0.15) is 0 Å². The summed E-state index contributed by atoms with van der Waals surface area (Å²) in [5, 5.41) is 3.60. The molecule has 1 aromatic rings. The van der Waals surface area contributed by atoms with E-state index < -0.39 is 0 Å². The van der Waals surface area contributed by atoms with Crippen molar-refractivity contribution in [1.29, 1.82) is 0 Å². The molecule has 0 aromatic carbocycles. The predicted octanol–water partition coefficient (Wildman–Crippen LogP) is 3.02. The molecule has 1 fully saturated rings. The molecule has 0 bridgehead atoms. The first kappa shape index (κ1) is 16.9. The van der Waals surface area contributed by atoms with Gasteiger partial charge < -0.3 is 10.2 Å². The van der Waals surface area contributed by atoms with Crippen molar-refractivity contribution in [3.8, 4) is 0 Å². The summed E-state index contributed by atoms with van der Waals surface area (Å²) in [6.45, 7) is 10.2. The van der Waals surface area contributed by atoms with Gasteiger partial charge in [0, 0.05) is 48.5 Å². The number of hydrogen-bond donors (Lipinski definition) is 1. The van der Waals surface area contributed by atoms with E-state index in [0.717, 1.165) is 38.1 Å². The Morgan fingerprint density at radius 1 is 1.19 bits per heavy atom. The van der Waals surface area contributed by atoms with E-state index in [1.807, 2.05) is 11.3 Å². The van der Waals surface area contributed by atoms with Gasteiger partial charge in [-0.3, -0.25) is 4.90 Å². The maximum Gasteiger partial charge on any atom is 0.0328 e. The molecule has 1 aliphatic carbocycles. The molecule has 1 N–H and O–H groups in total. The zero-order valence-electron chi connectivity index (χ0n) is 14.1. The van der Waals surface area contributed by atoms with Crippen LogP contribution < -0.4 is 5.32 Å². The van der Waals surface area contributed by atoms with Crippen LogP contribution in [0.1, 0.15) is 36.4 Å². The Morgan fingerprint density at radius 2 is 1.90 bits per heavy atom. The van der Waals surface area contributed by atoms with E-state index in [4.69, 9.17) is 0 Å². The molecule has 0 amide bonds. The van der Waals surface area contributed by atoms with Crippen molar-refractivity contribution >= 4 is 11.3 Å². The summed E-state index contributed by atoms with van der Waals surface area (Å²) >= 11 is 1.97. The van der Waals surface area contributed by atoms with Crippen LogP contribution in [0.25, 0.3) is 0 Å². The van der Waals surface area contributed by atoms with E-state index in [0.29, 0.717) is 0 Å². The van der Waals surface area contributed by atoms with Gasteiger partial charge in [-0.25, -0.2) is 0 Å². The lowest BCUT2D eigenvalue weighted by molar-refractivity contribution is 0.213. The fourth-order valence-electron chi connectivity index (χ4n) is 2.45. The predicted molar refractivity (Wildman–Crippen MR) is 92.8 cm³/mol. The fraction of sp³-hybridized carbons (Fsp3) is 0.765. The van der Waals surface area contributed by atoms with Gasteiger partial charge in [0.25, 0.3) is 0 Å². The summed E-state index contributed by atoms with van der Waals surface area (Å²) in [5.41, 5.74) is 0. The third-order valence-corrected chi connectivity index (χ3v) is 4.80. The van der Waals surface area contributed by atoms with Gasteiger partial charge >= 0.3 is 0 Å². The number of nitrogens with one attached hydrogen (secondary N) is 1. The van der Waals surface area contributed by atoms with Gasteiger partial charge in [-0.05, 0) is 45.0 Å². The van der Waals surface area contributed by atoms with Crippen molar-refractivity contribution in [1.82, 2.24) is 15.1 Å². The Kier molecular flexibility index (Phi) is 6.68. The van der Waals surface area contributed by atoms with Crippen LogP contribution in [0, 0.1) is 5.92 Å². The van der Waals surface area contributed by atoms with Crippen molar-refractivity contribution in [2.75, 3.05) is 33.7 Å². The molecule has 4 heteroatoms. The number of likely N-dealkylation sites (N-methyl/N-ethyl adjacent to an activating group) is 1. The molecule has 21 heavy (non-hydrogen) atoms. The number of thiophene rings is 1. The van der Waals surface area contributed by atoms with Gasteiger partial charge in [-0.1, -0.05) is 13.8 Å². The van der Waals surface area contributed by atoms with Crippen LogP contribution >= 0.6 is 11.3 Å². The van der Waals surface area contributed by atoms with E-state index in [9.17, 15) is 0 Å². The van der Waals surface area contributed by atoms with Crippen LogP contribution in [0.5, 0.6) is 0 Å². The molecule has 1 aliphatic rings.